The van der Waals surface area contributed by atoms with Crippen LogP contribution in [0.1, 0.15) is 46.1 Å². The molecule has 2 N–H and O–H groups in total. The summed E-state index contributed by atoms with van der Waals surface area (Å²) >= 11 is 0. The first-order valence-electron chi connectivity index (χ1n) is 8.41. The van der Waals surface area contributed by atoms with E-state index >= 15 is 0 Å². The molecule has 2 amide bonds. The number of amides is 2. The van der Waals surface area contributed by atoms with Gasteiger partial charge in [0, 0.05) is 0 Å². The van der Waals surface area contributed by atoms with Gasteiger partial charge in [-0.3, -0.25) is 9.59 Å². The van der Waals surface area contributed by atoms with Gasteiger partial charge in [-0.15, -0.1) is 0 Å². The van der Waals surface area contributed by atoms with Gasteiger partial charge in [0.05, 0.1) is 23.9 Å². The molecule has 2 heterocycles. The molecule has 0 fully saturated rings. The minimum absolute atomic E-state index is 0.190. The second kappa shape index (κ2) is 8.63. The van der Waals surface area contributed by atoms with Gasteiger partial charge < -0.3 is 8.83 Å². The number of carbonyl (C=O) groups excluding carboxylic acids is 2. The molecular formula is C20H18N4O4. The Morgan fingerprint density at radius 1 is 0.714 bits per heavy atom. The van der Waals surface area contributed by atoms with E-state index in [0.717, 1.165) is 11.1 Å². The van der Waals surface area contributed by atoms with Crippen LogP contribution in [0.2, 0.25) is 0 Å². The number of hydrogen-bond donors (Lipinski definition) is 2. The summed E-state index contributed by atoms with van der Waals surface area (Å²) < 4.78 is 10.0. The first-order valence-corrected chi connectivity index (χ1v) is 8.41. The maximum atomic E-state index is 11.8. The molecule has 3 aromatic rings. The van der Waals surface area contributed by atoms with Crippen LogP contribution in [-0.2, 0) is 0 Å². The largest absolute Gasteiger partial charge is 0.459 e. The molecule has 142 valence electrons. The van der Waals surface area contributed by atoms with Crippen molar-refractivity contribution in [1.82, 2.24) is 10.9 Å². The molecule has 0 spiro atoms. The molecule has 2 aromatic heterocycles. The van der Waals surface area contributed by atoms with Crippen molar-refractivity contribution in [3.05, 3.63) is 83.7 Å². The molecule has 0 radical (unpaired) electrons. The highest BCUT2D eigenvalue weighted by atomic mass is 16.3. The Morgan fingerprint density at radius 3 is 1.43 bits per heavy atom. The fraction of sp³-hybridized carbons (Fsp3) is 0.100. The van der Waals surface area contributed by atoms with Crippen LogP contribution < -0.4 is 10.9 Å². The van der Waals surface area contributed by atoms with Crippen molar-refractivity contribution in [1.29, 1.82) is 0 Å². The molecular weight excluding hydrogens is 360 g/mol. The molecule has 0 unspecified atom stereocenters. The van der Waals surface area contributed by atoms with E-state index in [2.05, 4.69) is 21.1 Å². The first kappa shape index (κ1) is 18.8. The summed E-state index contributed by atoms with van der Waals surface area (Å²) in [5.74, 6) is -0.460. The van der Waals surface area contributed by atoms with Crippen molar-refractivity contribution in [3.63, 3.8) is 0 Å². The number of rotatable bonds is 6. The number of nitrogens with one attached hydrogen (secondary N) is 2. The van der Waals surface area contributed by atoms with E-state index < -0.39 is 11.8 Å². The fourth-order valence-corrected chi connectivity index (χ4v) is 2.28. The Morgan fingerprint density at radius 2 is 1.11 bits per heavy atom. The maximum absolute atomic E-state index is 11.8. The zero-order valence-corrected chi connectivity index (χ0v) is 15.3. The lowest BCUT2D eigenvalue weighted by molar-refractivity contribution is 0.0920. The Hall–Kier alpha value is -3.94. The van der Waals surface area contributed by atoms with Crippen LogP contribution in [0.4, 0.5) is 0 Å². The van der Waals surface area contributed by atoms with Gasteiger partial charge in [0.2, 0.25) is 0 Å². The van der Waals surface area contributed by atoms with Gasteiger partial charge in [0.25, 0.3) is 0 Å². The second-order valence-electron chi connectivity index (χ2n) is 5.81. The third-order valence-electron chi connectivity index (χ3n) is 3.86. The summed E-state index contributed by atoms with van der Waals surface area (Å²) in [6, 6.07) is 13.8. The molecule has 0 aliphatic carbocycles. The highest BCUT2D eigenvalue weighted by Gasteiger charge is 2.09. The van der Waals surface area contributed by atoms with Gasteiger partial charge in [-0.05, 0) is 49.2 Å². The molecule has 28 heavy (non-hydrogen) atoms. The second-order valence-corrected chi connectivity index (χ2v) is 5.81. The van der Waals surface area contributed by atoms with Crippen LogP contribution in [0.25, 0.3) is 0 Å². The number of hydrazone groups is 2. The van der Waals surface area contributed by atoms with E-state index in [1.807, 2.05) is 24.3 Å². The summed E-state index contributed by atoms with van der Waals surface area (Å²) in [5.41, 5.74) is 7.81. The maximum Gasteiger partial charge on any atom is 0.307 e. The van der Waals surface area contributed by atoms with E-state index in [-0.39, 0.29) is 11.5 Å². The predicted octanol–water partition coefficient (Wildman–Crippen LogP) is 3.18. The number of carbonyl (C=O) groups is 2. The molecule has 1 aromatic carbocycles. The van der Waals surface area contributed by atoms with Crippen LogP contribution in [0, 0.1) is 0 Å². The van der Waals surface area contributed by atoms with Gasteiger partial charge in [0.1, 0.15) is 0 Å². The third kappa shape index (κ3) is 4.61. The lowest BCUT2D eigenvalue weighted by atomic mass is 10.1. The molecule has 0 aliphatic heterocycles. The molecule has 0 bridgehead atoms. The van der Waals surface area contributed by atoms with Crippen molar-refractivity contribution >= 4 is 23.2 Å². The van der Waals surface area contributed by atoms with Crippen LogP contribution >= 0.6 is 0 Å². The average Bonchev–Trinajstić information content (AvgIpc) is 3.44. The van der Waals surface area contributed by atoms with Crippen molar-refractivity contribution in [2.45, 2.75) is 13.8 Å². The van der Waals surface area contributed by atoms with Gasteiger partial charge in [-0.25, -0.2) is 10.9 Å². The Labute approximate surface area is 160 Å². The van der Waals surface area contributed by atoms with Crippen molar-refractivity contribution in [2.75, 3.05) is 0 Å². The first-order chi connectivity index (χ1) is 13.5. The van der Waals surface area contributed by atoms with Crippen molar-refractivity contribution < 1.29 is 18.4 Å². The summed E-state index contributed by atoms with van der Waals surface area (Å²) in [5, 5.41) is 8.14. The van der Waals surface area contributed by atoms with Crippen LogP contribution in [0.3, 0.4) is 0 Å². The summed E-state index contributed by atoms with van der Waals surface area (Å²) in [7, 11) is 0. The van der Waals surface area contributed by atoms with Crippen LogP contribution in [0.15, 0.2) is 80.1 Å². The summed E-state index contributed by atoms with van der Waals surface area (Å²) in [6.07, 6.45) is 2.84. The monoisotopic (exact) mass is 378 g/mol. The van der Waals surface area contributed by atoms with E-state index in [0.29, 0.717) is 11.4 Å². The highest BCUT2D eigenvalue weighted by molar-refractivity contribution is 6.03. The Balaban J connectivity index is 1.62. The molecule has 0 saturated heterocycles. The van der Waals surface area contributed by atoms with E-state index in [9.17, 15) is 9.59 Å². The van der Waals surface area contributed by atoms with Crippen molar-refractivity contribution in [3.8, 4) is 0 Å². The number of nitrogens with zero attached hydrogens (tertiary/aromatic N) is 2. The standard InChI is InChI=1S/C20H18N4O4/c1-13(21-23-19(25)17-5-3-11-27-17)15-7-9-16(10-8-15)14(2)22-24-20(26)18-6-4-12-28-18/h3-12H,1-2H3,(H,23,25)(H,24,26). The lowest BCUT2D eigenvalue weighted by Gasteiger charge is -2.05. The average molecular weight is 378 g/mol. The topological polar surface area (TPSA) is 109 Å². The van der Waals surface area contributed by atoms with Gasteiger partial charge in [-0.1, -0.05) is 24.3 Å². The lowest BCUT2D eigenvalue weighted by Crippen LogP contribution is -2.19. The smallest absolute Gasteiger partial charge is 0.307 e. The number of hydrogen-bond acceptors (Lipinski definition) is 6. The van der Waals surface area contributed by atoms with E-state index in [4.69, 9.17) is 8.83 Å². The van der Waals surface area contributed by atoms with Crippen LogP contribution in [-0.4, -0.2) is 23.2 Å². The number of benzene rings is 1. The molecule has 0 saturated carbocycles. The Bertz CT molecular complexity index is 918. The van der Waals surface area contributed by atoms with E-state index in [1.54, 1.807) is 38.1 Å². The zero-order chi connectivity index (χ0) is 19.9. The zero-order valence-electron chi connectivity index (χ0n) is 15.3. The van der Waals surface area contributed by atoms with Gasteiger partial charge >= 0.3 is 11.8 Å². The molecule has 8 nitrogen and oxygen atoms in total. The summed E-state index contributed by atoms with van der Waals surface area (Å²) in [4.78, 5) is 23.7. The SMILES string of the molecule is CC(=NNC(=O)c1ccco1)c1ccc(C(C)=NNC(=O)c2ccco2)cc1. The fourth-order valence-electron chi connectivity index (χ4n) is 2.28. The minimum atomic E-state index is -0.420. The quantitative estimate of drug-likeness (QED) is 0.507. The summed E-state index contributed by atoms with van der Waals surface area (Å²) in [6.45, 7) is 3.56. The predicted molar refractivity (Wildman–Crippen MR) is 103 cm³/mol. The highest BCUT2D eigenvalue weighted by Crippen LogP contribution is 2.08. The normalized spacial score (nSPS) is 11.9. The molecule has 0 aliphatic rings. The molecule has 3 rings (SSSR count). The molecule has 0 atom stereocenters. The number of furan rings is 2. The molecule has 8 heteroatoms. The van der Waals surface area contributed by atoms with Crippen LogP contribution in [0.5, 0.6) is 0 Å². The third-order valence-corrected chi connectivity index (χ3v) is 3.86. The minimum Gasteiger partial charge on any atom is -0.459 e. The van der Waals surface area contributed by atoms with Gasteiger partial charge in [-0.2, -0.15) is 10.2 Å². The van der Waals surface area contributed by atoms with Crippen molar-refractivity contribution in [2.24, 2.45) is 10.2 Å². The Kier molecular flexibility index (Phi) is 5.81. The van der Waals surface area contributed by atoms with Gasteiger partial charge in [0.15, 0.2) is 11.5 Å². The van der Waals surface area contributed by atoms with E-state index in [1.165, 1.54) is 12.5 Å².